The molecule has 0 saturated carbocycles. The number of hydrogen-bond donors (Lipinski definition) is 0. The zero-order chi connectivity index (χ0) is 33.4. The lowest BCUT2D eigenvalue weighted by Gasteiger charge is -2.23. The van der Waals surface area contributed by atoms with Crippen LogP contribution in [0.4, 0.5) is 0 Å². The van der Waals surface area contributed by atoms with Gasteiger partial charge in [0.1, 0.15) is 0 Å². The Morgan fingerprint density at radius 3 is 1.53 bits per heavy atom. The second-order valence-corrected chi connectivity index (χ2v) is 16.4. The summed E-state index contributed by atoms with van der Waals surface area (Å²) in [5.41, 5.74) is 3.06. The first-order chi connectivity index (χ1) is 22.9. The number of nitrogens with zero attached hydrogens (tertiary/aromatic N) is 1. The topological polar surface area (TPSA) is 37.4 Å². The maximum atomic E-state index is 14.1. The van der Waals surface area contributed by atoms with Gasteiger partial charge in [-0.3, -0.25) is 14.5 Å². The van der Waals surface area contributed by atoms with E-state index in [1.807, 2.05) is 13.0 Å². The number of rotatable bonds is 24. The lowest BCUT2D eigenvalue weighted by Crippen LogP contribution is -2.34. The Balaban J connectivity index is 1.38. The van der Waals surface area contributed by atoms with Crippen LogP contribution in [0, 0.1) is 19.8 Å². The summed E-state index contributed by atoms with van der Waals surface area (Å²) < 4.78 is 0. The van der Waals surface area contributed by atoms with Crippen LogP contribution in [0.15, 0.2) is 36.4 Å². The summed E-state index contributed by atoms with van der Waals surface area (Å²) in [6, 6.07) is 12.7. The molecule has 3 heterocycles. The molecule has 0 N–H and O–H groups in total. The van der Waals surface area contributed by atoms with Gasteiger partial charge < -0.3 is 0 Å². The SMILES string of the molecule is CCCCCCCCCCCCC(CCCCCCCCCC)CN1C(=O)c2c(C)ccc(-c3ccc(-c4ccc(C)s4)s3)c2C1=O. The molecule has 3 aromatic rings. The molecule has 2 amide bonds. The summed E-state index contributed by atoms with van der Waals surface area (Å²) in [5, 5.41) is 0. The van der Waals surface area contributed by atoms with Gasteiger partial charge in [0.15, 0.2) is 0 Å². The largest absolute Gasteiger partial charge is 0.274 e. The number of unbranched alkanes of at least 4 members (excludes halogenated alkanes) is 16. The van der Waals surface area contributed by atoms with E-state index in [1.165, 1.54) is 130 Å². The van der Waals surface area contributed by atoms with E-state index >= 15 is 0 Å². The van der Waals surface area contributed by atoms with E-state index in [-0.39, 0.29) is 11.8 Å². The number of fused-ring (bicyclic) bond motifs is 1. The van der Waals surface area contributed by atoms with Gasteiger partial charge >= 0.3 is 0 Å². The molecule has 47 heavy (non-hydrogen) atoms. The first-order valence-electron chi connectivity index (χ1n) is 19.1. The zero-order valence-electron chi connectivity index (χ0n) is 30.0. The van der Waals surface area contributed by atoms with E-state index in [2.05, 4.69) is 51.1 Å². The van der Waals surface area contributed by atoms with Crippen LogP contribution in [0.5, 0.6) is 0 Å². The molecular formula is C42H61NO2S2. The number of benzene rings is 1. The fourth-order valence-corrected chi connectivity index (χ4v) is 9.19. The van der Waals surface area contributed by atoms with Gasteiger partial charge in [-0.25, -0.2) is 0 Å². The van der Waals surface area contributed by atoms with Crippen molar-refractivity contribution in [2.75, 3.05) is 6.54 Å². The molecule has 1 atom stereocenters. The maximum absolute atomic E-state index is 14.1. The van der Waals surface area contributed by atoms with Crippen LogP contribution in [0.1, 0.15) is 173 Å². The van der Waals surface area contributed by atoms with Gasteiger partial charge in [-0.15, -0.1) is 22.7 Å². The summed E-state index contributed by atoms with van der Waals surface area (Å²) in [5.74, 6) is 0.208. The Kier molecular flexibility index (Phi) is 16.2. The van der Waals surface area contributed by atoms with Crippen molar-refractivity contribution in [1.29, 1.82) is 0 Å². The first-order valence-corrected chi connectivity index (χ1v) is 20.7. The van der Waals surface area contributed by atoms with Gasteiger partial charge in [-0.1, -0.05) is 142 Å². The second kappa shape index (κ2) is 20.3. The van der Waals surface area contributed by atoms with Crippen molar-refractivity contribution in [3.05, 3.63) is 58.0 Å². The van der Waals surface area contributed by atoms with E-state index in [1.54, 1.807) is 27.6 Å². The van der Waals surface area contributed by atoms with Crippen molar-refractivity contribution >= 4 is 34.5 Å². The van der Waals surface area contributed by atoms with E-state index in [0.717, 1.165) is 28.8 Å². The normalized spacial score (nSPS) is 13.6. The summed E-state index contributed by atoms with van der Waals surface area (Å²) >= 11 is 3.51. The minimum Gasteiger partial charge on any atom is -0.274 e. The van der Waals surface area contributed by atoms with Crippen LogP contribution in [0.3, 0.4) is 0 Å². The number of amides is 2. The van der Waals surface area contributed by atoms with Gasteiger partial charge in [0.05, 0.1) is 11.1 Å². The summed E-state index contributed by atoms with van der Waals surface area (Å²) in [6.07, 6.45) is 26.0. The highest BCUT2D eigenvalue weighted by atomic mass is 32.1. The third-order valence-corrected chi connectivity index (χ3v) is 12.4. The minimum absolute atomic E-state index is 0.0843. The smallest absolute Gasteiger partial charge is 0.262 e. The number of carbonyl (C=O) groups excluding carboxylic acids is 2. The van der Waals surface area contributed by atoms with E-state index < -0.39 is 0 Å². The minimum atomic E-state index is -0.0883. The average molecular weight is 676 g/mol. The molecule has 1 aliphatic rings. The molecule has 0 fully saturated rings. The van der Waals surface area contributed by atoms with E-state index in [4.69, 9.17) is 0 Å². The first kappa shape index (κ1) is 37.6. The molecular weight excluding hydrogens is 615 g/mol. The molecule has 3 nitrogen and oxygen atoms in total. The highest BCUT2D eigenvalue weighted by molar-refractivity contribution is 7.23. The van der Waals surface area contributed by atoms with E-state index in [0.29, 0.717) is 23.6 Å². The third kappa shape index (κ3) is 11.1. The van der Waals surface area contributed by atoms with Gasteiger partial charge in [-0.2, -0.15) is 0 Å². The predicted molar refractivity (Wildman–Crippen MR) is 205 cm³/mol. The Hall–Kier alpha value is -2.24. The van der Waals surface area contributed by atoms with Crippen LogP contribution < -0.4 is 0 Å². The summed E-state index contributed by atoms with van der Waals surface area (Å²) in [6.45, 7) is 9.22. The van der Waals surface area contributed by atoms with Crippen molar-refractivity contribution in [3.63, 3.8) is 0 Å². The number of carbonyl (C=O) groups is 2. The Morgan fingerprint density at radius 2 is 1.00 bits per heavy atom. The number of thiophene rings is 2. The molecule has 1 aliphatic heterocycles. The van der Waals surface area contributed by atoms with Gasteiger partial charge in [0.2, 0.25) is 0 Å². The molecule has 1 unspecified atom stereocenters. The molecule has 2 aromatic heterocycles. The Labute approximate surface area is 294 Å². The molecule has 0 aliphatic carbocycles. The summed E-state index contributed by atoms with van der Waals surface area (Å²) in [7, 11) is 0. The van der Waals surface area contributed by atoms with Crippen molar-refractivity contribution in [2.45, 2.75) is 156 Å². The fourth-order valence-electron chi connectivity index (χ4n) is 7.19. The second-order valence-electron chi connectivity index (χ2n) is 14.1. The Morgan fingerprint density at radius 1 is 0.532 bits per heavy atom. The molecule has 0 radical (unpaired) electrons. The maximum Gasteiger partial charge on any atom is 0.262 e. The number of imide groups is 1. The predicted octanol–water partition coefficient (Wildman–Crippen LogP) is 13.8. The lowest BCUT2D eigenvalue weighted by molar-refractivity contribution is 0.0621. The van der Waals surface area contributed by atoms with Crippen molar-refractivity contribution in [3.8, 4) is 20.2 Å². The number of hydrogen-bond acceptors (Lipinski definition) is 4. The van der Waals surface area contributed by atoms with Gasteiger partial charge in [0, 0.05) is 31.6 Å². The van der Waals surface area contributed by atoms with Crippen molar-refractivity contribution < 1.29 is 9.59 Å². The van der Waals surface area contributed by atoms with Gasteiger partial charge in [-0.05, 0) is 62.4 Å². The fraction of sp³-hybridized carbons (Fsp3) is 0.619. The molecule has 4 rings (SSSR count). The lowest BCUT2D eigenvalue weighted by atomic mass is 9.93. The van der Waals surface area contributed by atoms with Crippen LogP contribution >= 0.6 is 22.7 Å². The van der Waals surface area contributed by atoms with Crippen LogP contribution in [-0.2, 0) is 0 Å². The molecule has 1 aromatic carbocycles. The zero-order valence-corrected chi connectivity index (χ0v) is 31.6. The van der Waals surface area contributed by atoms with Crippen molar-refractivity contribution in [1.82, 2.24) is 4.90 Å². The highest BCUT2D eigenvalue weighted by Crippen LogP contribution is 2.42. The molecule has 0 bridgehead atoms. The Bertz CT molecular complexity index is 1380. The summed E-state index contributed by atoms with van der Waals surface area (Å²) in [4.78, 5) is 34.5. The molecule has 0 saturated heterocycles. The third-order valence-electron chi connectivity index (χ3n) is 10.1. The van der Waals surface area contributed by atoms with Crippen molar-refractivity contribution in [2.24, 2.45) is 5.92 Å². The van der Waals surface area contributed by atoms with Crippen LogP contribution in [-0.4, -0.2) is 23.3 Å². The van der Waals surface area contributed by atoms with E-state index in [9.17, 15) is 9.59 Å². The molecule has 0 spiro atoms. The van der Waals surface area contributed by atoms with Gasteiger partial charge in [0.25, 0.3) is 11.8 Å². The van der Waals surface area contributed by atoms with Crippen LogP contribution in [0.25, 0.3) is 20.2 Å². The van der Waals surface area contributed by atoms with Crippen LogP contribution in [0.2, 0.25) is 0 Å². The highest BCUT2D eigenvalue weighted by Gasteiger charge is 2.40. The quantitative estimate of drug-likeness (QED) is 0.0700. The molecule has 258 valence electrons. The number of aryl methyl sites for hydroxylation is 2. The standard InChI is InChI=1S/C42H61NO2S2/c1-5-7-9-11-13-15-16-18-20-22-24-34(23-21-19-17-14-12-10-8-6-2)31-43-41(44)39-32(3)25-27-35(40(39)42(43)45)36-29-30-38(47-36)37-28-26-33(4)46-37/h25-30,34H,5-24,31H2,1-4H3. The molecule has 5 heteroatoms. The monoisotopic (exact) mass is 675 g/mol. The average Bonchev–Trinajstić information content (AvgIpc) is 3.79.